The van der Waals surface area contributed by atoms with Crippen molar-refractivity contribution in [3.63, 3.8) is 0 Å². The van der Waals surface area contributed by atoms with Crippen molar-refractivity contribution in [3.8, 4) is 17.2 Å². The first-order valence-electron chi connectivity index (χ1n) is 9.08. The van der Waals surface area contributed by atoms with Crippen LogP contribution in [0, 0.1) is 0 Å². The summed E-state index contributed by atoms with van der Waals surface area (Å²) >= 11 is 0. The number of rotatable bonds is 4. The summed E-state index contributed by atoms with van der Waals surface area (Å²) in [6.07, 6.45) is 0.518. The van der Waals surface area contributed by atoms with Crippen LogP contribution in [0.1, 0.15) is 19.4 Å². The monoisotopic (exact) mass is 368 g/mol. The summed E-state index contributed by atoms with van der Waals surface area (Å²) in [4.78, 5) is 13.3. The van der Waals surface area contributed by atoms with Crippen LogP contribution >= 0.6 is 0 Å². The van der Waals surface area contributed by atoms with Gasteiger partial charge in [0.05, 0.1) is 25.7 Å². The largest absolute Gasteiger partial charge is 0.493 e. The van der Waals surface area contributed by atoms with Crippen LogP contribution in [0.4, 0.5) is 0 Å². The Kier molecular flexibility index (Phi) is 3.43. The Balaban J connectivity index is 1.83. The summed E-state index contributed by atoms with van der Waals surface area (Å²) in [6.45, 7) is 5.02. The Morgan fingerprint density at radius 2 is 2.07 bits per heavy atom. The molecule has 0 N–H and O–H groups in total. The van der Waals surface area contributed by atoms with E-state index >= 15 is 0 Å². The van der Waals surface area contributed by atoms with Gasteiger partial charge in [0.15, 0.2) is 11.3 Å². The highest BCUT2D eigenvalue weighted by Crippen LogP contribution is 2.46. The molecule has 1 aromatic heterocycles. The van der Waals surface area contributed by atoms with Crippen molar-refractivity contribution >= 4 is 21.9 Å². The Hall–Kier alpha value is -2.73. The number of methoxy groups -OCH3 is 1. The lowest BCUT2D eigenvalue weighted by molar-refractivity contribution is 0.127. The minimum Gasteiger partial charge on any atom is -0.493 e. The molecule has 2 aliphatic heterocycles. The van der Waals surface area contributed by atoms with Crippen molar-refractivity contribution < 1.29 is 23.4 Å². The third-order valence-corrected chi connectivity index (χ3v) is 5.42. The molecule has 2 aromatic carbocycles. The van der Waals surface area contributed by atoms with Gasteiger partial charge in [0.2, 0.25) is 5.43 Å². The van der Waals surface area contributed by atoms with E-state index in [0.717, 1.165) is 5.56 Å². The highest BCUT2D eigenvalue weighted by atomic mass is 16.6. The fourth-order valence-corrected chi connectivity index (χ4v) is 3.77. The Labute approximate surface area is 155 Å². The second-order valence-electron chi connectivity index (χ2n) is 7.17. The van der Waals surface area contributed by atoms with Gasteiger partial charge in [-0.25, -0.2) is 0 Å². The van der Waals surface area contributed by atoms with Gasteiger partial charge in [-0.3, -0.25) is 4.79 Å². The molecule has 2 unspecified atom stereocenters. The molecular weight excluding hydrogens is 348 g/mol. The molecule has 0 spiro atoms. The van der Waals surface area contributed by atoms with Crippen molar-refractivity contribution in [2.75, 3.05) is 20.3 Å². The van der Waals surface area contributed by atoms with Crippen molar-refractivity contribution in [1.29, 1.82) is 0 Å². The van der Waals surface area contributed by atoms with Crippen LogP contribution in [0.5, 0.6) is 17.2 Å². The maximum atomic E-state index is 13.3. The van der Waals surface area contributed by atoms with Gasteiger partial charge < -0.3 is 23.4 Å². The minimum absolute atomic E-state index is 0.105. The van der Waals surface area contributed by atoms with E-state index in [1.807, 2.05) is 13.8 Å². The summed E-state index contributed by atoms with van der Waals surface area (Å²) in [5.41, 5.74) is 1.40. The fourth-order valence-electron chi connectivity index (χ4n) is 3.77. The van der Waals surface area contributed by atoms with E-state index in [-0.39, 0.29) is 17.1 Å². The fraction of sp³-hybridized carbons (Fsp3) is 0.381. The molecular formula is C21H20O6. The molecule has 6 heteroatoms. The molecule has 2 aliphatic rings. The second-order valence-corrected chi connectivity index (χ2v) is 7.17. The molecule has 0 aliphatic carbocycles. The van der Waals surface area contributed by atoms with E-state index in [0.29, 0.717) is 58.8 Å². The molecule has 5 rings (SSSR count). The van der Waals surface area contributed by atoms with E-state index in [1.165, 1.54) is 0 Å². The van der Waals surface area contributed by atoms with Crippen LogP contribution in [0.3, 0.4) is 0 Å². The lowest BCUT2D eigenvalue weighted by Crippen LogP contribution is -2.30. The van der Waals surface area contributed by atoms with Crippen molar-refractivity contribution in [2.24, 2.45) is 0 Å². The van der Waals surface area contributed by atoms with E-state index in [4.69, 9.17) is 23.4 Å². The number of hydrogen-bond acceptors (Lipinski definition) is 6. The molecule has 0 bridgehead atoms. The van der Waals surface area contributed by atoms with Crippen LogP contribution in [0.2, 0.25) is 0 Å². The average molecular weight is 368 g/mol. The van der Waals surface area contributed by atoms with Crippen molar-refractivity contribution in [1.82, 2.24) is 0 Å². The number of ether oxygens (including phenoxy) is 4. The van der Waals surface area contributed by atoms with Crippen LogP contribution < -0.4 is 19.6 Å². The van der Waals surface area contributed by atoms with Gasteiger partial charge in [-0.1, -0.05) is 6.07 Å². The van der Waals surface area contributed by atoms with E-state index in [2.05, 4.69) is 0 Å². The van der Waals surface area contributed by atoms with Gasteiger partial charge in [0, 0.05) is 18.1 Å². The van der Waals surface area contributed by atoms with Crippen LogP contribution in [0.25, 0.3) is 21.9 Å². The predicted molar refractivity (Wildman–Crippen MR) is 100 cm³/mol. The molecule has 0 saturated carbocycles. The zero-order chi connectivity index (χ0) is 18.8. The Morgan fingerprint density at radius 3 is 2.78 bits per heavy atom. The lowest BCUT2D eigenvalue weighted by atomic mass is 9.98. The highest BCUT2D eigenvalue weighted by molar-refractivity contribution is 5.97. The summed E-state index contributed by atoms with van der Waals surface area (Å²) in [5.74, 6) is 1.69. The van der Waals surface area contributed by atoms with E-state index in [1.54, 1.807) is 31.4 Å². The third kappa shape index (κ3) is 2.33. The third-order valence-electron chi connectivity index (χ3n) is 5.42. The zero-order valence-electron chi connectivity index (χ0n) is 15.5. The average Bonchev–Trinajstić information content (AvgIpc) is 3.26. The first-order valence-corrected chi connectivity index (χ1v) is 9.08. The number of benzene rings is 2. The van der Waals surface area contributed by atoms with Gasteiger partial charge in [0.1, 0.15) is 34.2 Å². The second kappa shape index (κ2) is 5.63. The maximum Gasteiger partial charge on any atom is 0.204 e. The zero-order valence-corrected chi connectivity index (χ0v) is 15.5. The van der Waals surface area contributed by atoms with Gasteiger partial charge in [-0.15, -0.1) is 0 Å². The maximum absolute atomic E-state index is 13.3. The molecule has 140 valence electrons. The number of hydrogen-bond donors (Lipinski definition) is 0. The van der Waals surface area contributed by atoms with Crippen LogP contribution in [0.15, 0.2) is 33.5 Å². The summed E-state index contributed by atoms with van der Waals surface area (Å²) in [5, 5.41) is 0.915. The molecule has 3 heterocycles. The SMILES string of the molecule is CCOc1cc2c(c3oc4c(OC)cccc4c(=O)c13)CC(C1(C)CO1)O2. The summed E-state index contributed by atoms with van der Waals surface area (Å²) in [6, 6.07) is 7.10. The van der Waals surface area contributed by atoms with E-state index in [9.17, 15) is 4.79 Å². The topological polar surface area (TPSA) is 70.4 Å². The summed E-state index contributed by atoms with van der Waals surface area (Å²) < 4.78 is 29.1. The van der Waals surface area contributed by atoms with Crippen LogP contribution in [-0.2, 0) is 11.2 Å². The molecule has 3 aromatic rings. The van der Waals surface area contributed by atoms with E-state index < -0.39 is 0 Å². The van der Waals surface area contributed by atoms with Crippen molar-refractivity contribution in [2.45, 2.75) is 32.0 Å². The molecule has 1 saturated heterocycles. The molecule has 0 radical (unpaired) electrons. The molecule has 1 fully saturated rings. The minimum atomic E-state index is -0.286. The number of fused-ring (bicyclic) bond motifs is 4. The first kappa shape index (κ1) is 16.4. The standard InChI is InChI=1S/C21H20O6/c1-4-24-15-9-14-12(8-16(26-14)21(2)10-25-21)20-17(15)18(22)11-6-5-7-13(23-3)19(11)27-20/h5-7,9,16H,4,8,10H2,1-3H3. The number of epoxide rings is 1. The van der Waals surface area contributed by atoms with Gasteiger partial charge in [0.25, 0.3) is 0 Å². The Bertz CT molecular complexity index is 1130. The molecule has 27 heavy (non-hydrogen) atoms. The lowest BCUT2D eigenvalue weighted by Gasteiger charge is -2.14. The predicted octanol–water partition coefficient (Wildman–Crippen LogP) is 3.45. The Morgan fingerprint density at radius 1 is 1.26 bits per heavy atom. The molecule has 6 nitrogen and oxygen atoms in total. The molecule has 0 amide bonds. The molecule has 2 atom stereocenters. The van der Waals surface area contributed by atoms with Gasteiger partial charge in [-0.2, -0.15) is 0 Å². The quantitative estimate of drug-likeness (QED) is 0.519. The van der Waals surface area contributed by atoms with Gasteiger partial charge >= 0.3 is 0 Å². The van der Waals surface area contributed by atoms with Crippen LogP contribution in [-0.4, -0.2) is 32.0 Å². The summed E-state index contributed by atoms with van der Waals surface area (Å²) in [7, 11) is 1.56. The smallest absolute Gasteiger partial charge is 0.204 e. The number of para-hydroxylation sites is 1. The van der Waals surface area contributed by atoms with Crippen molar-refractivity contribution in [3.05, 3.63) is 40.1 Å². The normalized spacial score (nSPS) is 23.3. The van der Waals surface area contributed by atoms with Gasteiger partial charge in [-0.05, 0) is 26.0 Å². The first-order chi connectivity index (χ1) is 13.1. The highest BCUT2D eigenvalue weighted by Gasteiger charge is 2.51.